The van der Waals surface area contributed by atoms with Gasteiger partial charge in [-0.2, -0.15) is 0 Å². The molecule has 3 heterocycles. The largest absolute Gasteiger partial charge is 0.497 e. The molecule has 0 N–H and O–H groups in total. The predicted molar refractivity (Wildman–Crippen MR) is 126 cm³/mol. The number of methoxy groups -OCH3 is 1. The minimum Gasteiger partial charge on any atom is -0.497 e. The molecule has 1 aliphatic heterocycles. The van der Waals surface area contributed by atoms with E-state index in [1.54, 1.807) is 11.7 Å². The van der Waals surface area contributed by atoms with Crippen LogP contribution < -0.4 is 15.2 Å². The molecule has 0 aliphatic carbocycles. The van der Waals surface area contributed by atoms with Crippen LogP contribution in [0.25, 0.3) is 22.8 Å². The van der Waals surface area contributed by atoms with Gasteiger partial charge in [-0.1, -0.05) is 40.2 Å². The summed E-state index contributed by atoms with van der Waals surface area (Å²) in [6, 6.07) is 13.6. The van der Waals surface area contributed by atoms with Gasteiger partial charge in [0.1, 0.15) is 5.75 Å². The molecule has 4 aromatic rings. The monoisotopic (exact) mass is 479 g/mol. The second kappa shape index (κ2) is 8.19. The number of ether oxygens (including phenoxy) is 1. The third-order valence-corrected chi connectivity index (χ3v) is 6.14. The number of halogens is 1. The Morgan fingerprint density at radius 2 is 1.87 bits per heavy atom. The summed E-state index contributed by atoms with van der Waals surface area (Å²) in [5.41, 5.74) is 1.78. The lowest BCUT2D eigenvalue weighted by Gasteiger charge is -2.16. The lowest BCUT2D eigenvalue weighted by atomic mass is 10.2. The summed E-state index contributed by atoms with van der Waals surface area (Å²) in [4.78, 5) is 15.6. The molecule has 2 aromatic carbocycles. The SMILES string of the molecule is COc1ccc(/C=C/Cn2c(=O)c3cc(Br)ccc3n3c(N4CCCC4)nnc23)cc1. The minimum atomic E-state index is -0.0800. The number of aromatic nitrogens is 4. The van der Waals surface area contributed by atoms with Crippen molar-refractivity contribution in [2.24, 2.45) is 0 Å². The van der Waals surface area contributed by atoms with Crippen molar-refractivity contribution in [3.63, 3.8) is 0 Å². The van der Waals surface area contributed by atoms with E-state index < -0.39 is 0 Å². The Morgan fingerprint density at radius 1 is 1.10 bits per heavy atom. The van der Waals surface area contributed by atoms with Crippen molar-refractivity contribution in [1.82, 2.24) is 19.2 Å². The lowest BCUT2D eigenvalue weighted by Crippen LogP contribution is -2.25. The summed E-state index contributed by atoms with van der Waals surface area (Å²) >= 11 is 3.50. The molecule has 5 rings (SSSR count). The fraction of sp³-hybridized carbons (Fsp3) is 0.261. The molecule has 0 amide bonds. The number of fused-ring (bicyclic) bond motifs is 3. The van der Waals surface area contributed by atoms with Crippen molar-refractivity contribution in [3.05, 3.63) is 68.9 Å². The Balaban J connectivity index is 1.61. The van der Waals surface area contributed by atoms with Gasteiger partial charge >= 0.3 is 0 Å². The van der Waals surface area contributed by atoms with E-state index in [0.717, 1.165) is 53.2 Å². The van der Waals surface area contributed by atoms with Crippen molar-refractivity contribution in [2.45, 2.75) is 19.4 Å². The normalized spacial score (nSPS) is 14.3. The molecule has 7 nitrogen and oxygen atoms in total. The van der Waals surface area contributed by atoms with E-state index in [1.807, 2.05) is 59.0 Å². The van der Waals surface area contributed by atoms with Crippen molar-refractivity contribution in [3.8, 4) is 5.75 Å². The fourth-order valence-electron chi connectivity index (χ4n) is 4.06. The Morgan fingerprint density at radius 3 is 2.61 bits per heavy atom. The van der Waals surface area contributed by atoms with Gasteiger partial charge in [0.05, 0.1) is 18.0 Å². The molecule has 158 valence electrons. The first-order valence-electron chi connectivity index (χ1n) is 10.3. The van der Waals surface area contributed by atoms with Crippen LogP contribution in [0.3, 0.4) is 0 Å². The number of rotatable bonds is 5. The van der Waals surface area contributed by atoms with Crippen LogP contribution in [0.4, 0.5) is 5.95 Å². The van der Waals surface area contributed by atoms with E-state index in [0.29, 0.717) is 17.7 Å². The maximum absolute atomic E-state index is 13.3. The van der Waals surface area contributed by atoms with Crippen LogP contribution in [0.15, 0.2) is 57.8 Å². The van der Waals surface area contributed by atoms with Crippen LogP contribution in [0.2, 0.25) is 0 Å². The van der Waals surface area contributed by atoms with Crippen LogP contribution in [0.1, 0.15) is 18.4 Å². The number of anilines is 1. The maximum atomic E-state index is 13.3. The summed E-state index contributed by atoms with van der Waals surface area (Å²) in [6.45, 7) is 2.31. The van der Waals surface area contributed by atoms with Gasteiger partial charge in [0.15, 0.2) is 0 Å². The highest BCUT2D eigenvalue weighted by molar-refractivity contribution is 9.10. The average Bonchev–Trinajstić information content (AvgIpc) is 3.46. The molecule has 1 fully saturated rings. The summed E-state index contributed by atoms with van der Waals surface area (Å²) in [5, 5.41) is 9.52. The topological polar surface area (TPSA) is 64.7 Å². The average molecular weight is 480 g/mol. The van der Waals surface area contributed by atoms with Crippen molar-refractivity contribution < 1.29 is 4.74 Å². The molecule has 31 heavy (non-hydrogen) atoms. The first kappa shape index (κ1) is 19.8. The van der Waals surface area contributed by atoms with Gasteiger partial charge in [-0.15, -0.1) is 10.2 Å². The summed E-state index contributed by atoms with van der Waals surface area (Å²) in [5.74, 6) is 2.17. The molecule has 0 bridgehead atoms. The molecule has 0 unspecified atom stereocenters. The van der Waals surface area contributed by atoms with Gasteiger partial charge < -0.3 is 9.64 Å². The molecule has 0 atom stereocenters. The van der Waals surface area contributed by atoms with Crippen molar-refractivity contribution >= 4 is 44.6 Å². The van der Waals surface area contributed by atoms with Crippen LogP contribution in [0, 0.1) is 0 Å². The number of benzene rings is 2. The van der Waals surface area contributed by atoms with Gasteiger partial charge in [0.25, 0.3) is 5.56 Å². The molecule has 0 radical (unpaired) electrons. The Labute approximate surface area is 187 Å². The van der Waals surface area contributed by atoms with Gasteiger partial charge in [-0.05, 0) is 48.7 Å². The second-order valence-electron chi connectivity index (χ2n) is 7.58. The summed E-state index contributed by atoms with van der Waals surface area (Å²) in [6.07, 6.45) is 6.24. The first-order chi connectivity index (χ1) is 15.2. The van der Waals surface area contributed by atoms with Gasteiger partial charge in [0.2, 0.25) is 11.7 Å². The van der Waals surface area contributed by atoms with Crippen LogP contribution in [-0.4, -0.2) is 39.4 Å². The van der Waals surface area contributed by atoms with Crippen LogP contribution in [-0.2, 0) is 6.54 Å². The first-order valence-corrected chi connectivity index (χ1v) is 11.1. The zero-order valence-electron chi connectivity index (χ0n) is 17.2. The van der Waals surface area contributed by atoms with E-state index >= 15 is 0 Å². The van der Waals surface area contributed by atoms with E-state index in [9.17, 15) is 4.79 Å². The lowest BCUT2D eigenvalue weighted by molar-refractivity contribution is 0.415. The second-order valence-corrected chi connectivity index (χ2v) is 8.50. The number of nitrogens with zero attached hydrogens (tertiary/aromatic N) is 5. The maximum Gasteiger partial charge on any atom is 0.263 e. The van der Waals surface area contributed by atoms with Gasteiger partial charge in [0, 0.05) is 24.1 Å². The molecule has 0 saturated carbocycles. The molecule has 2 aromatic heterocycles. The molecule has 1 aliphatic rings. The van der Waals surface area contributed by atoms with E-state index in [1.165, 1.54) is 0 Å². The third kappa shape index (κ3) is 3.61. The molecular weight excluding hydrogens is 458 g/mol. The number of allylic oxidation sites excluding steroid dienone is 1. The molecule has 0 spiro atoms. The fourth-order valence-corrected chi connectivity index (χ4v) is 4.43. The zero-order chi connectivity index (χ0) is 21.4. The van der Waals surface area contributed by atoms with E-state index in [-0.39, 0.29) is 5.56 Å². The van der Waals surface area contributed by atoms with E-state index in [4.69, 9.17) is 4.74 Å². The third-order valence-electron chi connectivity index (χ3n) is 5.65. The minimum absolute atomic E-state index is 0.0800. The summed E-state index contributed by atoms with van der Waals surface area (Å²) < 4.78 is 9.77. The highest BCUT2D eigenvalue weighted by Crippen LogP contribution is 2.25. The molecule has 1 saturated heterocycles. The molecular formula is C23H22BrN5O2. The molecule has 8 heteroatoms. The van der Waals surface area contributed by atoms with Gasteiger partial charge in [-0.3, -0.25) is 9.36 Å². The Bertz CT molecular complexity index is 1330. The number of hydrogen-bond acceptors (Lipinski definition) is 5. The van der Waals surface area contributed by atoms with Crippen LogP contribution in [0.5, 0.6) is 5.75 Å². The Hall–Kier alpha value is -3.13. The number of hydrogen-bond donors (Lipinski definition) is 0. The standard InChI is InChI=1S/C23H22BrN5O2/c1-31-18-9-6-16(7-10-18)5-4-14-28-21(30)19-15-17(24)8-11-20(19)29-22(25-26-23(28)29)27-12-2-3-13-27/h4-11,15H,2-3,12-14H2,1H3/b5-4+. The van der Waals surface area contributed by atoms with Gasteiger partial charge in [-0.25, -0.2) is 4.40 Å². The highest BCUT2D eigenvalue weighted by Gasteiger charge is 2.22. The predicted octanol–water partition coefficient (Wildman–Crippen LogP) is 4.13. The summed E-state index contributed by atoms with van der Waals surface area (Å²) in [7, 11) is 1.65. The zero-order valence-corrected chi connectivity index (χ0v) is 18.7. The highest BCUT2D eigenvalue weighted by atomic mass is 79.9. The van der Waals surface area contributed by atoms with Crippen molar-refractivity contribution in [2.75, 3.05) is 25.1 Å². The van der Waals surface area contributed by atoms with Crippen LogP contribution >= 0.6 is 15.9 Å². The Kier molecular flexibility index (Phi) is 5.23. The smallest absolute Gasteiger partial charge is 0.263 e. The van der Waals surface area contributed by atoms with E-state index in [2.05, 4.69) is 31.0 Å². The quantitative estimate of drug-likeness (QED) is 0.430. The van der Waals surface area contributed by atoms with Crippen molar-refractivity contribution in [1.29, 1.82) is 0 Å².